The molecule has 0 atom stereocenters. The molecule has 0 spiro atoms. The molecule has 1 amide bonds. The van der Waals surface area contributed by atoms with Crippen LogP contribution in [0.15, 0.2) is 60.7 Å². The lowest BCUT2D eigenvalue weighted by molar-refractivity contribution is 0.0377. The molecule has 196 valence electrons. The fourth-order valence-corrected chi connectivity index (χ4v) is 5.16. The van der Waals surface area contributed by atoms with Gasteiger partial charge in [0.05, 0.1) is 16.9 Å². The van der Waals surface area contributed by atoms with Gasteiger partial charge in [0.2, 0.25) is 0 Å². The van der Waals surface area contributed by atoms with Crippen molar-refractivity contribution in [1.29, 1.82) is 0 Å². The number of rotatable bonds is 6. The summed E-state index contributed by atoms with van der Waals surface area (Å²) in [5.74, 6) is 0. The Bertz CT molecular complexity index is 1480. The van der Waals surface area contributed by atoms with E-state index in [1.807, 2.05) is 57.2 Å². The number of aryl methyl sites for hydroxylation is 1. The van der Waals surface area contributed by atoms with E-state index in [4.69, 9.17) is 26.3 Å². The second-order valence-corrected chi connectivity index (χ2v) is 11.3. The maximum atomic E-state index is 12.7. The summed E-state index contributed by atoms with van der Waals surface area (Å²) in [5.41, 5.74) is 6.07. The van der Waals surface area contributed by atoms with E-state index in [1.54, 1.807) is 6.07 Å². The average molecular weight is 529 g/mol. The second kappa shape index (κ2) is 10.3. The molecule has 1 N–H and O–H groups in total. The van der Waals surface area contributed by atoms with Crippen molar-refractivity contribution < 1.29 is 9.53 Å². The molecule has 0 radical (unpaired) electrons. The van der Waals surface area contributed by atoms with E-state index in [-0.39, 0.29) is 6.09 Å². The molecule has 6 nitrogen and oxygen atoms in total. The third kappa shape index (κ3) is 5.37. The Balaban J connectivity index is 1.62. The number of hydrogen-bond acceptors (Lipinski definition) is 5. The lowest BCUT2D eigenvalue weighted by atomic mass is 9.71. The van der Waals surface area contributed by atoms with Gasteiger partial charge >= 0.3 is 6.09 Å². The first-order chi connectivity index (χ1) is 18.2. The van der Waals surface area contributed by atoms with E-state index in [0.29, 0.717) is 16.3 Å². The highest BCUT2D eigenvalue weighted by Crippen LogP contribution is 2.43. The number of aromatic nitrogens is 3. The van der Waals surface area contributed by atoms with Gasteiger partial charge in [0.25, 0.3) is 0 Å². The molecular weight excluding hydrogens is 496 g/mol. The summed E-state index contributed by atoms with van der Waals surface area (Å²) >= 11 is 6.21. The van der Waals surface area contributed by atoms with Crippen molar-refractivity contribution in [3.8, 4) is 22.5 Å². The molecule has 38 heavy (non-hydrogen) atoms. The Morgan fingerprint density at radius 3 is 2.42 bits per heavy atom. The maximum absolute atomic E-state index is 12.7. The molecule has 0 bridgehead atoms. The van der Waals surface area contributed by atoms with Gasteiger partial charge in [-0.1, -0.05) is 73.5 Å². The number of hydrogen-bond donors (Lipinski definition) is 1. The van der Waals surface area contributed by atoms with Gasteiger partial charge < -0.3 is 10.1 Å². The zero-order valence-electron chi connectivity index (χ0n) is 22.3. The normalized spacial score (nSPS) is 14.7. The van der Waals surface area contributed by atoms with E-state index in [9.17, 15) is 4.79 Å². The summed E-state index contributed by atoms with van der Waals surface area (Å²) in [6.45, 7) is 7.81. The molecule has 0 aliphatic heterocycles. The number of alkyl carbamates (subject to hydrolysis) is 1. The topological polar surface area (TPSA) is 77.0 Å². The summed E-state index contributed by atoms with van der Waals surface area (Å²) < 4.78 is 5.59. The largest absolute Gasteiger partial charge is 0.444 e. The van der Waals surface area contributed by atoms with E-state index in [1.165, 1.54) is 0 Å². The molecule has 0 saturated heterocycles. The molecule has 1 saturated carbocycles. The third-order valence-electron chi connectivity index (χ3n) is 6.92. The van der Waals surface area contributed by atoms with Crippen LogP contribution in [0.1, 0.15) is 64.5 Å². The minimum atomic E-state index is -0.550. The molecule has 4 aromatic rings. The number of carbonyl (C=O) groups excluding carboxylic acids is 1. The number of amides is 1. The summed E-state index contributed by atoms with van der Waals surface area (Å²) in [4.78, 5) is 27.1. The Kier molecular flexibility index (Phi) is 7.10. The van der Waals surface area contributed by atoms with Gasteiger partial charge in [-0.05, 0) is 69.7 Å². The van der Waals surface area contributed by atoms with Crippen molar-refractivity contribution in [2.75, 3.05) is 0 Å². The van der Waals surface area contributed by atoms with Crippen LogP contribution in [0.4, 0.5) is 4.79 Å². The highest BCUT2D eigenvalue weighted by molar-refractivity contribution is 6.29. The van der Waals surface area contributed by atoms with Crippen LogP contribution in [0, 0.1) is 0 Å². The number of pyridine rings is 1. The molecule has 0 unspecified atom stereocenters. The van der Waals surface area contributed by atoms with Gasteiger partial charge in [-0.15, -0.1) is 0 Å². The van der Waals surface area contributed by atoms with E-state index in [0.717, 1.165) is 65.7 Å². The average Bonchev–Trinajstić information content (AvgIpc) is 2.85. The first-order valence-electron chi connectivity index (χ1n) is 13.2. The summed E-state index contributed by atoms with van der Waals surface area (Å²) in [5, 5.41) is 3.57. The zero-order valence-corrected chi connectivity index (χ0v) is 23.1. The highest BCUT2D eigenvalue weighted by Gasteiger charge is 2.41. The lowest BCUT2D eigenvalue weighted by Gasteiger charge is -2.43. The van der Waals surface area contributed by atoms with Crippen LogP contribution in [0.2, 0.25) is 5.15 Å². The minimum Gasteiger partial charge on any atom is -0.444 e. The summed E-state index contributed by atoms with van der Waals surface area (Å²) in [6, 6.07) is 20.1. The molecule has 2 aromatic carbocycles. The highest BCUT2D eigenvalue weighted by atomic mass is 35.5. The molecule has 2 heterocycles. The SMILES string of the molecule is CCCc1cc(C2(NC(=O)OC(C)(C)C)CCC2)ccc1-c1nc2nc(Cl)ccc2nc1-c1ccccc1. The Labute approximate surface area is 228 Å². The van der Waals surface area contributed by atoms with E-state index in [2.05, 4.69) is 35.4 Å². The van der Waals surface area contributed by atoms with Crippen LogP contribution in [-0.2, 0) is 16.7 Å². The van der Waals surface area contributed by atoms with Gasteiger partial charge in [-0.2, -0.15) is 0 Å². The van der Waals surface area contributed by atoms with Crippen molar-refractivity contribution in [3.63, 3.8) is 0 Å². The summed E-state index contributed by atoms with van der Waals surface area (Å²) in [6.07, 6.45) is 4.27. The number of nitrogens with zero attached hydrogens (tertiary/aromatic N) is 3. The van der Waals surface area contributed by atoms with Crippen molar-refractivity contribution in [3.05, 3.63) is 76.9 Å². The molecule has 1 fully saturated rings. The smallest absolute Gasteiger partial charge is 0.408 e. The molecule has 7 heteroatoms. The predicted molar refractivity (Wildman–Crippen MR) is 152 cm³/mol. The maximum Gasteiger partial charge on any atom is 0.408 e. The second-order valence-electron chi connectivity index (χ2n) is 10.9. The Morgan fingerprint density at radius 1 is 1.00 bits per heavy atom. The zero-order chi connectivity index (χ0) is 26.9. The molecule has 1 aliphatic carbocycles. The van der Waals surface area contributed by atoms with Crippen molar-refractivity contribution >= 4 is 28.9 Å². The standard InChI is InChI=1S/C31H33ClN4O2/c1-5-10-21-19-22(31(17-9-18-31)36-29(37)38-30(2,3)4)13-14-23(21)27-26(20-11-7-6-8-12-20)33-24-15-16-25(32)34-28(24)35-27/h6-8,11-16,19H,5,9-10,17-18H2,1-4H3,(H,36,37). The Hall–Kier alpha value is -3.51. The fourth-order valence-electron chi connectivity index (χ4n) is 5.02. The first kappa shape index (κ1) is 26.1. The predicted octanol–water partition coefficient (Wildman–Crippen LogP) is 7.87. The number of benzene rings is 2. The van der Waals surface area contributed by atoms with Gasteiger partial charge in [-0.25, -0.2) is 19.7 Å². The Morgan fingerprint density at radius 2 is 1.76 bits per heavy atom. The third-order valence-corrected chi connectivity index (χ3v) is 7.13. The van der Waals surface area contributed by atoms with Gasteiger partial charge in [0.1, 0.15) is 16.3 Å². The quantitative estimate of drug-likeness (QED) is 0.258. The lowest BCUT2D eigenvalue weighted by Crippen LogP contribution is -2.52. The molecular formula is C31H33ClN4O2. The number of carbonyl (C=O) groups is 1. The van der Waals surface area contributed by atoms with Gasteiger partial charge in [0, 0.05) is 11.1 Å². The molecule has 1 aliphatic rings. The molecule has 5 rings (SSSR count). The molecule has 2 aromatic heterocycles. The summed E-state index contributed by atoms with van der Waals surface area (Å²) in [7, 11) is 0. The van der Waals surface area contributed by atoms with Gasteiger partial charge in [0.15, 0.2) is 5.65 Å². The van der Waals surface area contributed by atoms with Crippen LogP contribution >= 0.6 is 11.6 Å². The van der Waals surface area contributed by atoms with E-state index < -0.39 is 11.1 Å². The fraction of sp³-hybridized carbons (Fsp3) is 0.355. The van der Waals surface area contributed by atoms with Crippen LogP contribution in [0.3, 0.4) is 0 Å². The van der Waals surface area contributed by atoms with Crippen LogP contribution in [0.25, 0.3) is 33.7 Å². The van der Waals surface area contributed by atoms with Gasteiger partial charge in [-0.3, -0.25) is 0 Å². The number of fused-ring (bicyclic) bond motifs is 1. The van der Waals surface area contributed by atoms with Crippen LogP contribution < -0.4 is 5.32 Å². The number of ether oxygens (including phenoxy) is 1. The van der Waals surface area contributed by atoms with E-state index >= 15 is 0 Å². The van der Waals surface area contributed by atoms with Crippen molar-refractivity contribution in [1.82, 2.24) is 20.3 Å². The monoisotopic (exact) mass is 528 g/mol. The number of halogens is 1. The van der Waals surface area contributed by atoms with Crippen LogP contribution in [0.5, 0.6) is 0 Å². The van der Waals surface area contributed by atoms with Crippen molar-refractivity contribution in [2.45, 2.75) is 70.9 Å². The van der Waals surface area contributed by atoms with Crippen LogP contribution in [-0.4, -0.2) is 26.6 Å². The number of nitrogens with one attached hydrogen (secondary N) is 1. The minimum absolute atomic E-state index is 0.381. The first-order valence-corrected chi connectivity index (χ1v) is 13.6. The van der Waals surface area contributed by atoms with Crippen molar-refractivity contribution in [2.24, 2.45) is 0 Å².